The van der Waals surface area contributed by atoms with Crippen LogP contribution in [0.5, 0.6) is 0 Å². The molecule has 2 rings (SSSR count). The highest BCUT2D eigenvalue weighted by molar-refractivity contribution is 5.94. The summed E-state index contributed by atoms with van der Waals surface area (Å²) in [4.78, 5) is 52.0. The number of carbonyl (C=O) groups excluding carboxylic acids is 3. The highest BCUT2D eigenvalue weighted by Gasteiger charge is 2.31. The van der Waals surface area contributed by atoms with Gasteiger partial charge in [0.05, 0.1) is 12.1 Å². The molecule has 34 heavy (non-hydrogen) atoms. The summed E-state index contributed by atoms with van der Waals surface area (Å²) in [7, 11) is 0. The van der Waals surface area contributed by atoms with Gasteiger partial charge in [0.25, 0.3) is 0 Å². The third-order valence-corrected chi connectivity index (χ3v) is 5.27. The molecule has 0 saturated heterocycles. The number of aliphatic hydroxyl groups is 1. The minimum atomic E-state index is -1.42. The molecule has 4 unspecified atom stereocenters. The molecule has 0 fully saturated rings. The quantitative estimate of drug-likeness (QED) is 0.218. The van der Waals surface area contributed by atoms with E-state index in [4.69, 9.17) is 10.8 Å². The molecule has 8 N–H and O–H groups in total. The first-order valence-corrected chi connectivity index (χ1v) is 11.1. The molecular formula is C23H33N5O6. The first-order chi connectivity index (χ1) is 16.0. The standard InChI is InChI=1S/C23H33N5O6/c1-12(2)8-16(24)21(32)27-18(9-14-10-25-17-7-5-4-6-15(14)17)22(33)28-20(13(3)29)23(34)26-11-19(30)31/h4-7,10,12-13,16,18,20,25,29H,8-9,11,24H2,1-3H3,(H,26,34)(H,27,32)(H,28,33)(H,30,31). The van der Waals surface area contributed by atoms with Crippen molar-refractivity contribution in [2.75, 3.05) is 6.54 Å². The topological polar surface area (TPSA) is 187 Å². The molecule has 1 aromatic carbocycles. The number of para-hydroxylation sites is 1. The van der Waals surface area contributed by atoms with Crippen molar-refractivity contribution in [3.8, 4) is 0 Å². The number of carboxylic acid groups (broad SMARTS) is 1. The van der Waals surface area contributed by atoms with E-state index in [9.17, 15) is 24.3 Å². The van der Waals surface area contributed by atoms with Crippen LogP contribution in [0.15, 0.2) is 30.5 Å². The van der Waals surface area contributed by atoms with Gasteiger partial charge in [-0.15, -0.1) is 0 Å². The number of fused-ring (bicyclic) bond motifs is 1. The number of amides is 3. The number of hydrogen-bond acceptors (Lipinski definition) is 6. The third kappa shape index (κ3) is 7.56. The Balaban J connectivity index is 2.25. The highest BCUT2D eigenvalue weighted by atomic mass is 16.4. The van der Waals surface area contributed by atoms with Crippen LogP contribution >= 0.6 is 0 Å². The van der Waals surface area contributed by atoms with Crippen molar-refractivity contribution in [3.05, 3.63) is 36.0 Å². The van der Waals surface area contributed by atoms with Gasteiger partial charge in [-0.1, -0.05) is 32.0 Å². The number of aliphatic hydroxyl groups excluding tert-OH is 1. The first-order valence-electron chi connectivity index (χ1n) is 11.1. The van der Waals surface area contributed by atoms with E-state index in [2.05, 4.69) is 20.9 Å². The lowest BCUT2D eigenvalue weighted by molar-refractivity contribution is -0.139. The monoisotopic (exact) mass is 475 g/mol. The fourth-order valence-corrected chi connectivity index (χ4v) is 3.56. The molecule has 0 radical (unpaired) electrons. The molecule has 1 heterocycles. The minimum Gasteiger partial charge on any atom is -0.480 e. The van der Waals surface area contributed by atoms with Crippen molar-refractivity contribution in [2.24, 2.45) is 11.7 Å². The number of carbonyl (C=O) groups is 4. The molecule has 0 aliphatic carbocycles. The maximum absolute atomic E-state index is 13.2. The SMILES string of the molecule is CC(C)CC(N)C(=O)NC(Cc1c[nH]c2ccccc12)C(=O)NC(C(=O)NCC(=O)O)C(C)O. The average Bonchev–Trinajstić information content (AvgIpc) is 3.17. The van der Waals surface area contributed by atoms with Crippen LogP contribution in [0.4, 0.5) is 0 Å². The fourth-order valence-electron chi connectivity index (χ4n) is 3.56. The van der Waals surface area contributed by atoms with Gasteiger partial charge in [-0.3, -0.25) is 19.2 Å². The molecular weight excluding hydrogens is 442 g/mol. The van der Waals surface area contributed by atoms with E-state index in [1.807, 2.05) is 38.1 Å². The summed E-state index contributed by atoms with van der Waals surface area (Å²) in [5, 5.41) is 26.9. The first kappa shape index (κ1) is 26.8. The largest absolute Gasteiger partial charge is 0.480 e. The number of aromatic amines is 1. The Morgan fingerprint density at radius 3 is 2.32 bits per heavy atom. The molecule has 4 atom stereocenters. The van der Waals surface area contributed by atoms with Gasteiger partial charge >= 0.3 is 5.97 Å². The van der Waals surface area contributed by atoms with Gasteiger partial charge in [-0.25, -0.2) is 0 Å². The Kier molecular flexibility index (Phi) is 9.58. The third-order valence-electron chi connectivity index (χ3n) is 5.27. The molecule has 1 aromatic heterocycles. The summed E-state index contributed by atoms with van der Waals surface area (Å²) in [6.45, 7) is 4.47. The number of benzene rings is 1. The van der Waals surface area contributed by atoms with Crippen molar-refractivity contribution in [2.45, 2.75) is 57.8 Å². The summed E-state index contributed by atoms with van der Waals surface area (Å²) in [5.41, 5.74) is 7.60. The number of H-pyrrole nitrogens is 1. The molecule has 11 nitrogen and oxygen atoms in total. The van der Waals surface area contributed by atoms with Gasteiger partial charge in [-0.2, -0.15) is 0 Å². The van der Waals surface area contributed by atoms with Crippen LogP contribution in [0.3, 0.4) is 0 Å². The lowest BCUT2D eigenvalue weighted by Crippen LogP contribution is -2.59. The van der Waals surface area contributed by atoms with Crippen LogP contribution in [0, 0.1) is 5.92 Å². The van der Waals surface area contributed by atoms with Crippen LogP contribution in [0.2, 0.25) is 0 Å². The van der Waals surface area contributed by atoms with E-state index >= 15 is 0 Å². The van der Waals surface area contributed by atoms with E-state index in [0.717, 1.165) is 16.5 Å². The number of carboxylic acids is 1. The average molecular weight is 476 g/mol. The van der Waals surface area contributed by atoms with Gasteiger partial charge in [-0.05, 0) is 30.9 Å². The molecule has 0 saturated carbocycles. The summed E-state index contributed by atoms with van der Waals surface area (Å²) < 4.78 is 0. The van der Waals surface area contributed by atoms with Crippen molar-refractivity contribution >= 4 is 34.6 Å². The highest BCUT2D eigenvalue weighted by Crippen LogP contribution is 2.19. The molecule has 0 aliphatic heterocycles. The molecule has 0 bridgehead atoms. The van der Waals surface area contributed by atoms with E-state index in [0.29, 0.717) is 6.42 Å². The number of rotatable bonds is 12. The predicted molar refractivity (Wildman–Crippen MR) is 126 cm³/mol. The molecule has 186 valence electrons. The van der Waals surface area contributed by atoms with E-state index in [1.165, 1.54) is 6.92 Å². The van der Waals surface area contributed by atoms with E-state index in [1.54, 1.807) is 6.20 Å². The second-order valence-electron chi connectivity index (χ2n) is 8.70. The maximum atomic E-state index is 13.2. The summed E-state index contributed by atoms with van der Waals surface area (Å²) in [6.07, 6.45) is 0.933. The predicted octanol–water partition coefficient (Wildman–Crippen LogP) is -0.365. The minimum absolute atomic E-state index is 0.0965. The Hall–Kier alpha value is -3.44. The lowest BCUT2D eigenvalue weighted by atomic mass is 10.0. The molecule has 2 aromatic rings. The number of hydrogen-bond donors (Lipinski definition) is 7. The number of nitrogens with one attached hydrogen (secondary N) is 4. The molecule has 0 spiro atoms. The van der Waals surface area contributed by atoms with Gasteiger partial charge in [0, 0.05) is 23.5 Å². The van der Waals surface area contributed by atoms with Gasteiger partial charge in [0.15, 0.2) is 0 Å². The fraction of sp³-hybridized carbons (Fsp3) is 0.478. The normalized spacial score (nSPS) is 14.8. The number of aliphatic carboxylic acids is 1. The van der Waals surface area contributed by atoms with Crippen LogP contribution in [0.1, 0.15) is 32.8 Å². The van der Waals surface area contributed by atoms with Gasteiger partial charge < -0.3 is 36.9 Å². The van der Waals surface area contributed by atoms with Crippen LogP contribution in [-0.2, 0) is 25.6 Å². The Bertz CT molecular complexity index is 1020. The van der Waals surface area contributed by atoms with E-state index in [-0.39, 0.29) is 12.3 Å². The summed E-state index contributed by atoms with van der Waals surface area (Å²) in [5.74, 6) is -3.20. The smallest absolute Gasteiger partial charge is 0.322 e. The second kappa shape index (κ2) is 12.1. The van der Waals surface area contributed by atoms with Crippen LogP contribution < -0.4 is 21.7 Å². The molecule has 3 amide bonds. The van der Waals surface area contributed by atoms with Crippen molar-refractivity contribution in [1.29, 1.82) is 0 Å². The number of nitrogens with two attached hydrogens (primary N) is 1. The summed E-state index contributed by atoms with van der Waals surface area (Å²) in [6, 6.07) is 4.12. The van der Waals surface area contributed by atoms with Crippen molar-refractivity contribution < 1.29 is 29.4 Å². The van der Waals surface area contributed by atoms with Gasteiger partial charge in [0.1, 0.15) is 18.6 Å². The Labute approximate surface area is 197 Å². The molecule has 11 heteroatoms. The second-order valence-corrected chi connectivity index (χ2v) is 8.70. The Morgan fingerprint density at radius 1 is 1.03 bits per heavy atom. The number of aromatic nitrogens is 1. The Morgan fingerprint density at radius 2 is 1.71 bits per heavy atom. The molecule has 0 aliphatic rings. The zero-order chi connectivity index (χ0) is 25.4. The zero-order valence-electron chi connectivity index (χ0n) is 19.5. The van der Waals surface area contributed by atoms with E-state index < -0.39 is 54.5 Å². The maximum Gasteiger partial charge on any atom is 0.322 e. The summed E-state index contributed by atoms with van der Waals surface area (Å²) >= 11 is 0. The van der Waals surface area contributed by atoms with Gasteiger partial charge in [0.2, 0.25) is 17.7 Å². The lowest BCUT2D eigenvalue weighted by Gasteiger charge is -2.25. The van der Waals surface area contributed by atoms with Crippen molar-refractivity contribution in [3.63, 3.8) is 0 Å². The van der Waals surface area contributed by atoms with Crippen molar-refractivity contribution in [1.82, 2.24) is 20.9 Å². The zero-order valence-corrected chi connectivity index (χ0v) is 19.5. The van der Waals surface area contributed by atoms with Crippen LogP contribution in [0.25, 0.3) is 10.9 Å². The van der Waals surface area contributed by atoms with Crippen LogP contribution in [-0.4, -0.2) is 69.7 Å².